The fourth-order valence-corrected chi connectivity index (χ4v) is 2.46. The van der Waals surface area contributed by atoms with E-state index < -0.39 is 0 Å². The number of hydrogen-bond acceptors (Lipinski definition) is 3. The first-order valence-electron chi connectivity index (χ1n) is 7.96. The fourth-order valence-electron chi connectivity index (χ4n) is 2.46. The third-order valence-electron chi connectivity index (χ3n) is 3.64. The van der Waals surface area contributed by atoms with Crippen LogP contribution in [0.1, 0.15) is 33.6 Å². The highest BCUT2D eigenvalue weighted by Gasteiger charge is 2.42. The van der Waals surface area contributed by atoms with E-state index in [4.69, 9.17) is 4.74 Å². The second-order valence-corrected chi connectivity index (χ2v) is 6.09. The highest BCUT2D eigenvalue weighted by atomic mass is 16.5. The monoisotopic (exact) mass is 305 g/mol. The molecule has 5 heteroatoms. The normalized spacial score (nSPS) is 18.4. The van der Waals surface area contributed by atoms with Gasteiger partial charge in [0.25, 0.3) is 5.91 Å². The van der Waals surface area contributed by atoms with Gasteiger partial charge in [0.15, 0.2) is 6.04 Å². The molecule has 1 fully saturated rings. The molecule has 120 valence electrons. The second-order valence-electron chi connectivity index (χ2n) is 6.09. The molecule has 2 amide bonds. The van der Waals surface area contributed by atoms with Crippen LogP contribution in [0.25, 0.3) is 0 Å². The quantitative estimate of drug-likeness (QED) is 0.773. The number of anilines is 1. The molecule has 0 aromatic heterocycles. The average Bonchev–Trinajstić information content (AvgIpc) is 2.78. The van der Waals surface area contributed by atoms with Crippen molar-refractivity contribution in [2.75, 3.05) is 18.1 Å². The van der Waals surface area contributed by atoms with E-state index in [-0.39, 0.29) is 24.3 Å². The third-order valence-corrected chi connectivity index (χ3v) is 3.64. The summed E-state index contributed by atoms with van der Waals surface area (Å²) in [6.07, 6.45) is 1.22. The van der Waals surface area contributed by atoms with Crippen molar-refractivity contribution in [3.63, 3.8) is 0 Å². The zero-order chi connectivity index (χ0) is 16.1. The van der Waals surface area contributed by atoms with Gasteiger partial charge in [-0.3, -0.25) is 9.59 Å². The van der Waals surface area contributed by atoms with Crippen molar-refractivity contribution >= 4 is 17.5 Å². The number of nitrogens with zero attached hydrogens (tertiary/aromatic N) is 1. The van der Waals surface area contributed by atoms with Crippen molar-refractivity contribution in [2.45, 2.75) is 39.7 Å². The van der Waals surface area contributed by atoms with Gasteiger partial charge in [0.1, 0.15) is 5.75 Å². The Balaban J connectivity index is 2.05. The van der Waals surface area contributed by atoms with Crippen molar-refractivity contribution in [3.8, 4) is 5.75 Å². The summed E-state index contributed by atoms with van der Waals surface area (Å²) in [5.74, 6) is 1.00. The summed E-state index contributed by atoms with van der Waals surface area (Å²) in [6, 6.07) is 6.86. The molecule has 1 aliphatic rings. The first-order valence-corrected chi connectivity index (χ1v) is 7.96. The molecule has 0 radical (unpaired) electrons. The molecule has 1 aromatic carbocycles. The van der Waals surface area contributed by atoms with E-state index in [0.717, 1.165) is 18.7 Å². The van der Waals surface area contributed by atoms with Crippen LogP contribution in [0.5, 0.6) is 5.75 Å². The molecule has 2 N–H and O–H groups in total. The number of amides is 2. The first-order chi connectivity index (χ1) is 10.5. The van der Waals surface area contributed by atoms with Gasteiger partial charge < -0.3 is 10.1 Å². The molecule has 5 nitrogen and oxygen atoms in total. The number of ether oxygens (including phenoxy) is 1. The van der Waals surface area contributed by atoms with Crippen LogP contribution in [0.4, 0.5) is 5.69 Å². The van der Waals surface area contributed by atoms with Crippen molar-refractivity contribution in [1.29, 1.82) is 0 Å². The van der Waals surface area contributed by atoms with E-state index in [1.54, 1.807) is 24.3 Å². The Morgan fingerprint density at radius 2 is 1.95 bits per heavy atom. The number of benzene rings is 1. The maximum atomic E-state index is 12.4. The number of carbonyl (C=O) groups excluding carboxylic acids is 2. The molecule has 1 aliphatic heterocycles. The zero-order valence-corrected chi connectivity index (χ0v) is 13.5. The number of quaternary nitrogens is 1. The first kappa shape index (κ1) is 16.5. The van der Waals surface area contributed by atoms with Crippen LogP contribution in [0.15, 0.2) is 24.3 Å². The van der Waals surface area contributed by atoms with Crippen LogP contribution in [-0.4, -0.2) is 31.0 Å². The van der Waals surface area contributed by atoms with Gasteiger partial charge in [0.2, 0.25) is 5.91 Å². The fraction of sp³-hybridized carbons (Fsp3) is 0.529. The number of nitrogens with two attached hydrogens (primary N) is 1. The van der Waals surface area contributed by atoms with Gasteiger partial charge in [0, 0.05) is 5.92 Å². The Hall–Kier alpha value is -1.88. The molecule has 1 heterocycles. The summed E-state index contributed by atoms with van der Waals surface area (Å²) >= 11 is 0. The molecule has 1 saturated heterocycles. The Morgan fingerprint density at radius 1 is 1.27 bits per heavy atom. The summed E-state index contributed by atoms with van der Waals surface area (Å²) in [7, 11) is 0. The Morgan fingerprint density at radius 3 is 2.55 bits per heavy atom. The topological polar surface area (TPSA) is 63.2 Å². The maximum absolute atomic E-state index is 12.4. The van der Waals surface area contributed by atoms with Crippen LogP contribution < -0.4 is 15.0 Å². The SMILES string of the molecule is CCCOc1ccc(N2C(=O)C[C@@H]([NH2+]CC(C)C)C2=O)cc1. The summed E-state index contributed by atoms with van der Waals surface area (Å²) in [5.41, 5.74) is 0.624. The molecule has 1 aromatic rings. The van der Waals surface area contributed by atoms with Crippen LogP contribution >= 0.6 is 0 Å². The van der Waals surface area contributed by atoms with Crippen molar-refractivity contribution in [3.05, 3.63) is 24.3 Å². The van der Waals surface area contributed by atoms with E-state index >= 15 is 0 Å². The minimum atomic E-state index is -0.286. The van der Waals surface area contributed by atoms with Gasteiger partial charge in [0.05, 0.1) is 25.3 Å². The molecule has 2 rings (SSSR count). The van der Waals surface area contributed by atoms with Crippen LogP contribution in [0.2, 0.25) is 0 Å². The van der Waals surface area contributed by atoms with Crippen LogP contribution in [0.3, 0.4) is 0 Å². The number of imide groups is 1. The highest BCUT2D eigenvalue weighted by molar-refractivity contribution is 6.21. The zero-order valence-electron chi connectivity index (χ0n) is 13.5. The van der Waals surface area contributed by atoms with E-state index in [0.29, 0.717) is 18.2 Å². The maximum Gasteiger partial charge on any atom is 0.292 e. The lowest BCUT2D eigenvalue weighted by Gasteiger charge is -2.15. The summed E-state index contributed by atoms with van der Waals surface area (Å²) in [4.78, 5) is 25.9. The van der Waals surface area contributed by atoms with E-state index in [1.165, 1.54) is 4.90 Å². The number of hydrogen-bond donors (Lipinski definition) is 1. The van der Waals surface area contributed by atoms with E-state index in [1.807, 2.05) is 12.2 Å². The Labute approximate surface area is 131 Å². The second kappa shape index (κ2) is 7.40. The molecule has 0 unspecified atom stereocenters. The van der Waals surface area contributed by atoms with E-state index in [2.05, 4.69) is 13.8 Å². The van der Waals surface area contributed by atoms with Gasteiger partial charge in [-0.2, -0.15) is 0 Å². The average molecular weight is 305 g/mol. The standard InChI is InChI=1S/C17H24N2O3/c1-4-9-22-14-7-5-13(6-8-14)19-16(20)10-15(17(19)21)18-11-12(2)3/h5-8,12,15,18H,4,9-11H2,1-3H3/p+1/t15-/m1/s1. The predicted molar refractivity (Wildman–Crippen MR) is 84.8 cm³/mol. The summed E-state index contributed by atoms with van der Waals surface area (Å²) in [5, 5.41) is 1.98. The molecule has 0 bridgehead atoms. The van der Waals surface area contributed by atoms with Gasteiger partial charge in [-0.15, -0.1) is 0 Å². The molecule has 0 spiro atoms. The molecule has 0 aliphatic carbocycles. The molecule has 1 atom stereocenters. The minimum absolute atomic E-state index is 0.118. The number of carbonyl (C=O) groups is 2. The van der Waals surface area contributed by atoms with Gasteiger partial charge >= 0.3 is 0 Å². The largest absolute Gasteiger partial charge is 0.494 e. The van der Waals surface area contributed by atoms with E-state index in [9.17, 15) is 9.59 Å². The van der Waals surface area contributed by atoms with Crippen LogP contribution in [-0.2, 0) is 9.59 Å². The summed E-state index contributed by atoms with van der Waals surface area (Å²) in [6.45, 7) is 7.76. The van der Waals surface area contributed by atoms with Gasteiger partial charge in [-0.05, 0) is 30.7 Å². The van der Waals surface area contributed by atoms with Crippen molar-refractivity contribution < 1.29 is 19.6 Å². The highest BCUT2D eigenvalue weighted by Crippen LogP contribution is 2.24. The Kier molecular flexibility index (Phi) is 5.55. The van der Waals surface area contributed by atoms with Crippen molar-refractivity contribution in [2.24, 2.45) is 5.92 Å². The molecule has 22 heavy (non-hydrogen) atoms. The molecular formula is C17H25N2O3+. The number of rotatable bonds is 7. The lowest BCUT2D eigenvalue weighted by molar-refractivity contribution is -0.679. The smallest absolute Gasteiger partial charge is 0.292 e. The van der Waals surface area contributed by atoms with Crippen LogP contribution in [0, 0.1) is 5.92 Å². The molecular weight excluding hydrogens is 280 g/mol. The summed E-state index contributed by atoms with van der Waals surface area (Å²) < 4.78 is 5.52. The predicted octanol–water partition coefficient (Wildman–Crippen LogP) is 1.33. The van der Waals surface area contributed by atoms with Gasteiger partial charge in [-0.1, -0.05) is 20.8 Å². The lowest BCUT2D eigenvalue weighted by Crippen LogP contribution is -2.92. The third kappa shape index (κ3) is 3.85. The molecule has 0 saturated carbocycles. The lowest BCUT2D eigenvalue weighted by atomic mass is 10.2. The van der Waals surface area contributed by atoms with Crippen molar-refractivity contribution in [1.82, 2.24) is 0 Å². The minimum Gasteiger partial charge on any atom is -0.494 e. The van der Waals surface area contributed by atoms with Gasteiger partial charge in [-0.25, -0.2) is 4.90 Å². The Bertz CT molecular complexity index is 525.